The zero-order valence-corrected chi connectivity index (χ0v) is 21.3. The lowest BCUT2D eigenvalue weighted by Gasteiger charge is -2.27. The van der Waals surface area contributed by atoms with Crippen LogP contribution in [0.25, 0.3) is 27.8 Å². The summed E-state index contributed by atoms with van der Waals surface area (Å²) in [7, 11) is 0. The molecule has 5 rings (SSSR count). The Bertz CT molecular complexity index is 1350. The van der Waals surface area contributed by atoms with E-state index >= 15 is 0 Å². The van der Waals surface area contributed by atoms with Crippen LogP contribution in [0.4, 0.5) is 5.82 Å². The van der Waals surface area contributed by atoms with Crippen molar-refractivity contribution in [1.29, 1.82) is 0 Å². The predicted octanol–water partition coefficient (Wildman–Crippen LogP) is 6.29. The number of H-pyrrole nitrogens is 1. The molecule has 186 valence electrons. The Morgan fingerprint density at radius 2 is 1.89 bits per heavy atom. The second-order valence-corrected chi connectivity index (χ2v) is 10.4. The summed E-state index contributed by atoms with van der Waals surface area (Å²) in [5, 5.41) is 9.81. The maximum Gasteiger partial charge on any atom is 0.252 e. The Balaban J connectivity index is 1.43. The van der Waals surface area contributed by atoms with Gasteiger partial charge in [0.2, 0.25) is 11.9 Å². The Kier molecular flexibility index (Phi) is 7.41. The first kappa shape index (κ1) is 24.2. The number of carbonyl (C=O) groups excluding carboxylic acids is 1. The monoisotopic (exact) mass is 501 g/mol. The number of hydrogen-bond acceptors (Lipinski definition) is 5. The zero-order valence-electron chi connectivity index (χ0n) is 20.4. The van der Waals surface area contributed by atoms with Crippen LogP contribution in [0.1, 0.15) is 51.9 Å². The second-order valence-electron chi connectivity index (χ2n) is 9.47. The minimum atomic E-state index is -0.283. The van der Waals surface area contributed by atoms with Crippen LogP contribution >= 0.6 is 11.3 Å². The van der Waals surface area contributed by atoms with Gasteiger partial charge in [-0.2, -0.15) is 9.78 Å². The van der Waals surface area contributed by atoms with E-state index in [1.807, 2.05) is 53.9 Å². The molecule has 0 atom stereocenters. The summed E-state index contributed by atoms with van der Waals surface area (Å²) in [6.07, 6.45) is 7.77. The second kappa shape index (κ2) is 11.0. The summed E-state index contributed by atoms with van der Waals surface area (Å²) < 4.78 is 1.54. The molecule has 0 radical (unpaired) electrons. The molecular weight excluding hydrogens is 470 g/mol. The largest absolute Gasteiger partial charge is 0.310 e. The van der Waals surface area contributed by atoms with Crippen molar-refractivity contribution in [1.82, 2.24) is 19.7 Å². The molecule has 0 spiro atoms. The highest BCUT2D eigenvalue weighted by Crippen LogP contribution is 2.33. The van der Waals surface area contributed by atoms with Gasteiger partial charge in [0.15, 0.2) is 0 Å². The Labute approximate surface area is 214 Å². The van der Waals surface area contributed by atoms with E-state index < -0.39 is 0 Å². The number of nitrogens with zero attached hydrogens (tertiary/aromatic N) is 3. The van der Waals surface area contributed by atoms with Crippen LogP contribution in [0.5, 0.6) is 0 Å². The van der Waals surface area contributed by atoms with Crippen LogP contribution in [0.3, 0.4) is 0 Å². The molecule has 0 aliphatic heterocycles. The standard InChI is InChI=1S/C28H31N5O2S/c1-2-3-8-19-12-14-21(15-13-19)27(35)30-25-17-23(24-11-7-16-36-24)32-33(25)28-29-22(18-26(34)31-28)20-9-5-4-6-10-20/h4-7,9-11,16-19,21H,2-3,8,12-15H2,1H3,(H,30,35)(H,29,31,34). The molecule has 1 aromatic carbocycles. The predicted molar refractivity (Wildman–Crippen MR) is 144 cm³/mol. The summed E-state index contributed by atoms with van der Waals surface area (Å²) in [4.78, 5) is 34.3. The number of aromatic nitrogens is 4. The first-order chi connectivity index (χ1) is 17.6. The molecule has 1 fully saturated rings. The fraction of sp³-hybridized carbons (Fsp3) is 0.357. The van der Waals surface area contributed by atoms with E-state index in [0.717, 1.165) is 47.7 Å². The van der Waals surface area contributed by atoms with Gasteiger partial charge < -0.3 is 5.32 Å². The maximum atomic E-state index is 13.3. The van der Waals surface area contributed by atoms with E-state index in [1.165, 1.54) is 30.0 Å². The molecule has 0 unspecified atom stereocenters. The molecule has 0 bridgehead atoms. The van der Waals surface area contributed by atoms with Crippen molar-refractivity contribution in [2.45, 2.75) is 51.9 Å². The molecule has 8 heteroatoms. The maximum absolute atomic E-state index is 13.3. The van der Waals surface area contributed by atoms with Crippen LogP contribution in [0, 0.1) is 11.8 Å². The number of aromatic amines is 1. The highest BCUT2D eigenvalue weighted by Gasteiger charge is 2.27. The number of hydrogen-bond donors (Lipinski definition) is 2. The third-order valence-electron chi connectivity index (χ3n) is 6.92. The minimum absolute atomic E-state index is 0.00406. The van der Waals surface area contributed by atoms with E-state index in [-0.39, 0.29) is 23.3 Å². The van der Waals surface area contributed by atoms with E-state index in [2.05, 4.69) is 22.2 Å². The summed E-state index contributed by atoms with van der Waals surface area (Å²) in [5.74, 6) is 1.50. The molecule has 1 saturated carbocycles. The van der Waals surface area contributed by atoms with Crippen molar-refractivity contribution in [2.75, 3.05) is 5.32 Å². The molecule has 7 nitrogen and oxygen atoms in total. The molecule has 2 N–H and O–H groups in total. The molecule has 3 aromatic heterocycles. The number of thiophene rings is 1. The number of amides is 1. The molecule has 3 heterocycles. The normalized spacial score (nSPS) is 17.7. The van der Waals surface area contributed by atoms with Crippen LogP contribution in [-0.2, 0) is 4.79 Å². The lowest BCUT2D eigenvalue weighted by Crippen LogP contribution is -2.28. The quantitative estimate of drug-likeness (QED) is 0.297. The van der Waals surface area contributed by atoms with Crippen molar-refractivity contribution in [2.24, 2.45) is 11.8 Å². The summed E-state index contributed by atoms with van der Waals surface area (Å²) >= 11 is 1.57. The van der Waals surface area contributed by atoms with Crippen molar-refractivity contribution in [3.8, 4) is 27.8 Å². The summed E-state index contributed by atoms with van der Waals surface area (Å²) in [5.41, 5.74) is 1.82. The third-order valence-corrected chi connectivity index (χ3v) is 7.81. The third kappa shape index (κ3) is 5.49. The number of rotatable bonds is 8. The van der Waals surface area contributed by atoms with E-state index in [0.29, 0.717) is 11.5 Å². The smallest absolute Gasteiger partial charge is 0.252 e. The fourth-order valence-corrected chi connectivity index (χ4v) is 5.59. The van der Waals surface area contributed by atoms with Gasteiger partial charge in [0.1, 0.15) is 11.5 Å². The molecule has 36 heavy (non-hydrogen) atoms. The van der Waals surface area contributed by atoms with Crippen LogP contribution in [-0.4, -0.2) is 25.7 Å². The topological polar surface area (TPSA) is 92.7 Å². The van der Waals surface area contributed by atoms with Crippen molar-refractivity contribution in [3.05, 3.63) is 70.3 Å². The van der Waals surface area contributed by atoms with E-state index in [9.17, 15) is 9.59 Å². The highest BCUT2D eigenvalue weighted by molar-refractivity contribution is 7.13. The van der Waals surface area contributed by atoms with Crippen molar-refractivity contribution in [3.63, 3.8) is 0 Å². The highest BCUT2D eigenvalue weighted by atomic mass is 32.1. The first-order valence-corrected chi connectivity index (χ1v) is 13.6. The Hall–Kier alpha value is -3.52. The molecule has 0 saturated heterocycles. The van der Waals surface area contributed by atoms with Gasteiger partial charge in [0.05, 0.1) is 10.6 Å². The van der Waals surface area contributed by atoms with Crippen LogP contribution < -0.4 is 10.9 Å². The number of unbranched alkanes of at least 4 members (excludes halogenated alkanes) is 1. The van der Waals surface area contributed by atoms with Crippen LogP contribution in [0.15, 0.2) is 64.8 Å². The van der Waals surface area contributed by atoms with Gasteiger partial charge in [-0.3, -0.25) is 14.6 Å². The summed E-state index contributed by atoms with van der Waals surface area (Å²) in [6, 6.07) is 16.8. The van der Waals surface area contributed by atoms with Gasteiger partial charge >= 0.3 is 0 Å². The minimum Gasteiger partial charge on any atom is -0.310 e. The average Bonchev–Trinajstić information content (AvgIpc) is 3.58. The number of anilines is 1. The fourth-order valence-electron chi connectivity index (χ4n) is 4.91. The summed E-state index contributed by atoms with van der Waals surface area (Å²) in [6.45, 7) is 2.23. The first-order valence-electron chi connectivity index (χ1n) is 12.7. The Morgan fingerprint density at radius 1 is 1.08 bits per heavy atom. The van der Waals surface area contributed by atoms with E-state index in [4.69, 9.17) is 5.10 Å². The lowest BCUT2D eigenvalue weighted by molar-refractivity contribution is -0.121. The van der Waals surface area contributed by atoms with Gasteiger partial charge in [-0.25, -0.2) is 4.98 Å². The molecule has 1 aliphatic carbocycles. The number of nitrogens with one attached hydrogen (secondary N) is 2. The van der Waals surface area contributed by atoms with Crippen LogP contribution in [0.2, 0.25) is 0 Å². The molecule has 4 aromatic rings. The van der Waals surface area contributed by atoms with Gasteiger partial charge in [-0.1, -0.05) is 62.6 Å². The van der Waals surface area contributed by atoms with E-state index in [1.54, 1.807) is 11.3 Å². The van der Waals surface area contributed by atoms with Crippen molar-refractivity contribution >= 4 is 23.1 Å². The number of benzene rings is 1. The molecular formula is C28H31N5O2S. The lowest BCUT2D eigenvalue weighted by atomic mass is 9.79. The van der Waals surface area contributed by atoms with Gasteiger partial charge in [-0.05, 0) is 43.0 Å². The average molecular weight is 502 g/mol. The van der Waals surface area contributed by atoms with Gasteiger partial charge in [0, 0.05) is 23.6 Å². The van der Waals surface area contributed by atoms with Gasteiger partial charge in [-0.15, -0.1) is 11.3 Å². The molecule has 1 amide bonds. The molecule has 1 aliphatic rings. The number of carbonyl (C=O) groups is 1. The SMILES string of the molecule is CCCCC1CCC(C(=O)Nc2cc(-c3cccs3)nn2-c2nc(-c3ccccc3)cc(=O)[nH]2)CC1. The van der Waals surface area contributed by atoms with Crippen molar-refractivity contribution < 1.29 is 4.79 Å². The Morgan fingerprint density at radius 3 is 2.61 bits per heavy atom. The zero-order chi connectivity index (χ0) is 24.9. The van der Waals surface area contributed by atoms with Gasteiger partial charge in [0.25, 0.3) is 5.56 Å².